The molecule has 3 N–H and O–H groups in total. The van der Waals surface area contributed by atoms with Gasteiger partial charge < -0.3 is 35.0 Å². The van der Waals surface area contributed by atoms with Gasteiger partial charge in [0.15, 0.2) is 11.4 Å². The van der Waals surface area contributed by atoms with Gasteiger partial charge >= 0.3 is 0 Å². The van der Waals surface area contributed by atoms with E-state index in [0.717, 1.165) is 57.3 Å². The third-order valence-corrected chi connectivity index (χ3v) is 10.1. The topological polar surface area (TPSA) is 51.1 Å². The van der Waals surface area contributed by atoms with Gasteiger partial charge in [0.1, 0.15) is 11.7 Å². The molecule has 2 aliphatic carbocycles. The molecular weight excluding hydrogens is 520 g/mol. The van der Waals surface area contributed by atoms with Crippen molar-refractivity contribution in [3.05, 3.63) is 64.7 Å². The Balaban J connectivity index is 0.00000168. The molecule has 2 aromatic rings. The van der Waals surface area contributed by atoms with Gasteiger partial charge in [-0.05, 0) is 68.1 Å². The lowest BCUT2D eigenvalue weighted by Crippen LogP contribution is -3.00. The number of aromatic nitrogens is 1. The van der Waals surface area contributed by atoms with Gasteiger partial charge in [0.25, 0.3) is 0 Å². The Morgan fingerprint density at radius 1 is 1.05 bits per heavy atom. The summed E-state index contributed by atoms with van der Waals surface area (Å²) in [5.74, 6) is 1.08. The Bertz CT molecular complexity index is 1120. The van der Waals surface area contributed by atoms with Crippen molar-refractivity contribution in [2.45, 2.75) is 88.5 Å². The van der Waals surface area contributed by atoms with Crippen molar-refractivity contribution >= 4 is 5.91 Å². The Labute approximate surface area is 239 Å². The molecule has 2 aliphatic heterocycles. The van der Waals surface area contributed by atoms with Crippen molar-refractivity contribution < 1.29 is 44.3 Å². The first kappa shape index (κ1) is 29.3. The zero-order valence-electron chi connectivity index (χ0n) is 22.5. The van der Waals surface area contributed by atoms with Crippen LogP contribution in [0.3, 0.4) is 0 Å². The Hall–Kier alpha value is -1.69. The number of piperidine rings is 1. The van der Waals surface area contributed by atoms with Crippen LogP contribution in [0.15, 0.2) is 36.4 Å². The van der Waals surface area contributed by atoms with Crippen LogP contribution in [0.25, 0.3) is 0 Å². The number of hydrogen-bond acceptors (Lipinski definition) is 1. The first-order chi connectivity index (χ1) is 17.6. The molecule has 7 heteroatoms. The number of fused-ring (bicyclic) bond motifs is 2. The summed E-state index contributed by atoms with van der Waals surface area (Å²) in [4.78, 5) is 20.5. The van der Waals surface area contributed by atoms with E-state index in [9.17, 15) is 9.18 Å². The predicted molar refractivity (Wildman–Crippen MR) is 138 cm³/mol. The van der Waals surface area contributed by atoms with Gasteiger partial charge in [0.2, 0.25) is 5.91 Å². The second-order valence-electron chi connectivity index (χ2n) is 12.1. The number of pyridine rings is 1. The summed E-state index contributed by atoms with van der Waals surface area (Å²) in [6.45, 7) is 4.78. The number of carbonyl (C=O) groups is 1. The molecule has 2 saturated heterocycles. The number of aromatic amines is 1. The molecule has 4 nitrogen and oxygen atoms in total. The molecule has 4 atom stereocenters. The normalized spacial score (nSPS) is 29.3. The van der Waals surface area contributed by atoms with Gasteiger partial charge in [-0.2, -0.15) is 0 Å². The van der Waals surface area contributed by atoms with Crippen LogP contribution in [0.1, 0.15) is 86.2 Å². The Morgan fingerprint density at radius 2 is 1.84 bits per heavy atom. The first-order valence-electron chi connectivity index (χ1n) is 14.5. The smallest absolute Gasteiger partial charge is 0.232 e. The van der Waals surface area contributed by atoms with E-state index >= 15 is 0 Å². The highest BCUT2D eigenvalue weighted by atomic mass is 35.5. The number of nitrogens with zero attached hydrogens (tertiary/aromatic N) is 1. The second kappa shape index (κ2) is 12.2. The number of amides is 1. The highest BCUT2D eigenvalue weighted by Gasteiger charge is 2.56. The van der Waals surface area contributed by atoms with Gasteiger partial charge in [0, 0.05) is 37.6 Å². The minimum absolute atomic E-state index is 0. The lowest BCUT2D eigenvalue weighted by atomic mass is 9.64. The fraction of sp³-hybridized carbons (Fsp3) is 0.613. The van der Waals surface area contributed by atoms with Gasteiger partial charge in [-0.1, -0.05) is 37.5 Å². The Morgan fingerprint density at radius 3 is 2.63 bits per heavy atom. The van der Waals surface area contributed by atoms with Crippen LogP contribution in [-0.2, 0) is 16.6 Å². The quantitative estimate of drug-likeness (QED) is 0.466. The third kappa shape index (κ3) is 5.23. The molecule has 0 radical (unpaired) electrons. The molecule has 1 spiro atoms. The van der Waals surface area contributed by atoms with Gasteiger partial charge in [-0.3, -0.25) is 4.79 Å². The van der Waals surface area contributed by atoms with Crippen molar-refractivity contribution in [2.24, 2.45) is 11.8 Å². The summed E-state index contributed by atoms with van der Waals surface area (Å²) in [6.07, 6.45) is 11.3. The number of hydrogen-bond donors (Lipinski definition) is 1. The van der Waals surface area contributed by atoms with Crippen molar-refractivity contribution in [3.8, 4) is 0 Å². The molecule has 1 saturated carbocycles. The Kier molecular flexibility index (Phi) is 9.43. The van der Waals surface area contributed by atoms with Crippen LogP contribution in [0, 0.1) is 24.6 Å². The minimum atomic E-state index is -0.0839. The first-order valence-corrected chi connectivity index (χ1v) is 14.5. The molecule has 4 aliphatic rings. The number of quaternary nitrogens is 1. The summed E-state index contributed by atoms with van der Waals surface area (Å²) in [7, 11) is 0. The van der Waals surface area contributed by atoms with Crippen molar-refractivity contribution in [1.29, 1.82) is 0 Å². The molecule has 6 rings (SSSR count). The zero-order valence-corrected chi connectivity index (χ0v) is 24.0. The number of nitrogens with two attached hydrogens (primary N) is 1. The van der Waals surface area contributed by atoms with E-state index in [-0.39, 0.29) is 53.9 Å². The number of halogens is 3. The summed E-state index contributed by atoms with van der Waals surface area (Å²) in [5, 5.41) is 2.39. The average molecular weight is 563 g/mol. The number of carbonyl (C=O) groups excluding carboxylic acids is 1. The highest BCUT2D eigenvalue weighted by Crippen LogP contribution is 2.46. The van der Waals surface area contributed by atoms with Crippen LogP contribution < -0.4 is 35.1 Å². The molecule has 0 bridgehead atoms. The summed E-state index contributed by atoms with van der Waals surface area (Å²) in [5.41, 5.74) is 4.72. The maximum absolute atomic E-state index is 14.8. The molecule has 3 fully saturated rings. The van der Waals surface area contributed by atoms with Gasteiger partial charge in [0.05, 0.1) is 18.5 Å². The number of likely N-dealkylation sites (tertiary alicyclic amines) is 1. The molecule has 1 amide bonds. The molecule has 208 valence electrons. The standard InChI is InChI=1S/C31H40FN3O.2ClH/c1-21-13-14-25-28(34-21)12-7-16-31(25)20-33-19-26(31)30(36)35-17-15-23(24-10-5-6-11-27(24)32)18-29(35)22-8-3-2-4-9-22;;/h5-6,10-11,13-14,22-23,26,29,33H,2-4,7-9,12,15-20H2,1H3;2*1H/t23-,26+,29+,31+;;/m1../s1. The maximum Gasteiger partial charge on any atom is 0.232 e. The third-order valence-electron chi connectivity index (χ3n) is 10.1. The number of H-pyrrole nitrogens is 1. The lowest BCUT2D eigenvalue weighted by Gasteiger charge is -2.47. The zero-order chi connectivity index (χ0) is 24.7. The van der Waals surface area contributed by atoms with E-state index < -0.39 is 0 Å². The fourth-order valence-electron chi connectivity index (χ4n) is 8.35. The van der Waals surface area contributed by atoms with E-state index in [4.69, 9.17) is 0 Å². The van der Waals surface area contributed by atoms with E-state index in [2.05, 4.69) is 34.3 Å². The number of benzene rings is 1. The largest absolute Gasteiger partial charge is 1.00 e. The molecular formula is C31H42Cl2FN3O. The SMILES string of the molecule is Cc1ccc2c([nH+]1)CCC[C@]21C[NH2+]C[C@H]1C(=O)N1CC[C@@H](c2ccccc2F)C[C@H]1C1CCCCC1.[Cl-].[Cl-]. The molecule has 3 heterocycles. The molecule has 1 aromatic heterocycles. The monoisotopic (exact) mass is 561 g/mol. The van der Waals surface area contributed by atoms with Gasteiger partial charge in [-0.25, -0.2) is 9.37 Å². The van der Waals surface area contributed by atoms with Crippen molar-refractivity contribution in [2.75, 3.05) is 19.6 Å². The maximum atomic E-state index is 14.8. The van der Waals surface area contributed by atoms with Crippen molar-refractivity contribution in [1.82, 2.24) is 4.90 Å². The summed E-state index contributed by atoms with van der Waals surface area (Å²) >= 11 is 0. The lowest BCUT2D eigenvalue weighted by molar-refractivity contribution is -0.640. The summed E-state index contributed by atoms with van der Waals surface area (Å²) < 4.78 is 14.8. The molecule has 38 heavy (non-hydrogen) atoms. The number of nitrogens with one attached hydrogen (secondary N) is 1. The van der Waals surface area contributed by atoms with Gasteiger partial charge in [-0.15, -0.1) is 0 Å². The average Bonchev–Trinajstić information content (AvgIpc) is 3.32. The molecule has 0 unspecified atom stereocenters. The highest BCUT2D eigenvalue weighted by molar-refractivity contribution is 5.82. The summed E-state index contributed by atoms with van der Waals surface area (Å²) in [6, 6.07) is 12.0. The van der Waals surface area contributed by atoms with Crippen LogP contribution in [0.5, 0.6) is 0 Å². The van der Waals surface area contributed by atoms with E-state index in [1.54, 1.807) is 12.1 Å². The second-order valence-corrected chi connectivity index (χ2v) is 12.1. The minimum Gasteiger partial charge on any atom is -1.00 e. The van der Waals surface area contributed by atoms with Crippen LogP contribution >= 0.6 is 0 Å². The fourth-order valence-corrected chi connectivity index (χ4v) is 8.35. The van der Waals surface area contributed by atoms with Crippen molar-refractivity contribution in [3.63, 3.8) is 0 Å². The van der Waals surface area contributed by atoms with Crippen LogP contribution in [-0.4, -0.2) is 36.5 Å². The number of aryl methyl sites for hydroxylation is 2. The van der Waals surface area contributed by atoms with E-state index in [0.29, 0.717) is 11.8 Å². The van der Waals surface area contributed by atoms with E-state index in [1.165, 1.54) is 49.1 Å². The van der Waals surface area contributed by atoms with Crippen LogP contribution in [0.2, 0.25) is 0 Å². The number of rotatable bonds is 3. The molecule has 1 aromatic carbocycles. The van der Waals surface area contributed by atoms with Crippen LogP contribution in [0.4, 0.5) is 4.39 Å². The van der Waals surface area contributed by atoms with E-state index in [1.807, 2.05) is 12.1 Å². The predicted octanol–water partition coefficient (Wildman–Crippen LogP) is -1.92.